The predicted octanol–water partition coefficient (Wildman–Crippen LogP) is 2.22. The van der Waals surface area contributed by atoms with Gasteiger partial charge < -0.3 is 58.9 Å². The molecule has 0 saturated heterocycles. The van der Waals surface area contributed by atoms with Crippen LogP contribution in [0.3, 0.4) is 0 Å². The molecule has 1 saturated carbocycles. The number of aliphatic hydroxyl groups excluding tert-OH is 4. The first kappa shape index (κ1) is 45.7. The molecule has 0 aromatic heterocycles. The van der Waals surface area contributed by atoms with E-state index in [0.717, 1.165) is 25.7 Å². The standard InChI is InChI=1S/C27H55O18P3/c1-2-3-4-5-6-7-8-9-10-11-12-13-14-15-22(29)43-20(16-41-19-28)17-42-46(33,34)18-21-23(30)25(32)27(45-48(38,39)40)26(24(21)31)44-47(35,36)37/h20-21,23-28,30-32H,2-19H2,1H3,(H,33,34)(H2,35,36,37)(H2,38,39,40)/t20-,21?,23+,24?,25?,26-,27-/m0/s1. The molecule has 0 radical (unpaired) electrons. The first-order chi connectivity index (χ1) is 22.4. The quantitative estimate of drug-likeness (QED) is 0.0251. The van der Waals surface area contributed by atoms with Gasteiger partial charge in [-0.15, -0.1) is 0 Å². The van der Waals surface area contributed by atoms with E-state index in [9.17, 15) is 48.5 Å². The molecular weight excluding hydrogens is 705 g/mol. The van der Waals surface area contributed by atoms with Crippen molar-refractivity contribution in [2.75, 3.05) is 26.2 Å². The van der Waals surface area contributed by atoms with Crippen LogP contribution in [0.25, 0.3) is 0 Å². The molecule has 0 spiro atoms. The predicted molar refractivity (Wildman–Crippen MR) is 169 cm³/mol. The van der Waals surface area contributed by atoms with Crippen LogP contribution in [0, 0.1) is 5.92 Å². The van der Waals surface area contributed by atoms with E-state index in [4.69, 9.17) is 28.9 Å². The Morgan fingerprint density at radius 1 is 0.667 bits per heavy atom. The van der Waals surface area contributed by atoms with E-state index in [0.29, 0.717) is 6.42 Å². The maximum absolute atomic E-state index is 12.9. The maximum atomic E-state index is 12.9. The van der Waals surface area contributed by atoms with Crippen LogP contribution >= 0.6 is 23.2 Å². The van der Waals surface area contributed by atoms with Gasteiger partial charge in [-0.2, -0.15) is 0 Å². The van der Waals surface area contributed by atoms with Crippen molar-refractivity contribution in [3.8, 4) is 0 Å². The number of hydrogen-bond donors (Lipinski definition) is 9. The number of carbonyl (C=O) groups is 1. The normalized spacial score (nSPS) is 25.5. The summed E-state index contributed by atoms with van der Waals surface area (Å²) in [5.74, 6) is -2.54. The van der Waals surface area contributed by atoms with Crippen LogP contribution in [0.4, 0.5) is 0 Å². The van der Waals surface area contributed by atoms with Gasteiger partial charge in [-0.3, -0.25) is 18.4 Å². The van der Waals surface area contributed by atoms with E-state index >= 15 is 0 Å². The number of unbranched alkanes of at least 4 members (excludes halogenated alkanes) is 12. The number of rotatable bonds is 27. The van der Waals surface area contributed by atoms with Crippen LogP contribution in [-0.2, 0) is 41.5 Å². The lowest BCUT2D eigenvalue weighted by molar-refractivity contribution is -0.192. The molecule has 1 aliphatic carbocycles. The summed E-state index contributed by atoms with van der Waals surface area (Å²) in [6, 6.07) is 0. The number of esters is 1. The van der Waals surface area contributed by atoms with Gasteiger partial charge in [0.15, 0.2) is 0 Å². The highest BCUT2D eigenvalue weighted by Gasteiger charge is 2.55. The Morgan fingerprint density at radius 2 is 1.12 bits per heavy atom. The highest BCUT2D eigenvalue weighted by Crippen LogP contribution is 2.51. The average molecular weight is 761 g/mol. The molecular formula is C27H55O18P3. The van der Waals surface area contributed by atoms with Gasteiger partial charge in [0.25, 0.3) is 0 Å². The number of aliphatic hydroxyl groups is 4. The second-order valence-electron chi connectivity index (χ2n) is 12.0. The topological polar surface area (TPSA) is 296 Å². The Labute approximate surface area is 281 Å². The van der Waals surface area contributed by atoms with Crippen LogP contribution in [0.15, 0.2) is 0 Å². The van der Waals surface area contributed by atoms with Crippen molar-refractivity contribution < 1.29 is 86.4 Å². The molecule has 48 heavy (non-hydrogen) atoms. The molecule has 0 amide bonds. The Balaban J connectivity index is 2.61. The minimum Gasteiger partial charge on any atom is -0.457 e. The lowest BCUT2D eigenvalue weighted by Crippen LogP contribution is -2.62. The molecule has 0 aromatic rings. The Morgan fingerprint density at radius 3 is 1.58 bits per heavy atom. The van der Waals surface area contributed by atoms with Crippen molar-refractivity contribution in [3.05, 3.63) is 0 Å². The van der Waals surface area contributed by atoms with Gasteiger partial charge in [0.1, 0.15) is 31.2 Å². The molecule has 1 fully saturated rings. The summed E-state index contributed by atoms with van der Waals surface area (Å²) in [7, 11) is -15.8. The van der Waals surface area contributed by atoms with Crippen LogP contribution in [0.2, 0.25) is 0 Å². The highest BCUT2D eigenvalue weighted by molar-refractivity contribution is 7.52. The zero-order valence-electron chi connectivity index (χ0n) is 27.3. The minimum absolute atomic E-state index is 0.0569. The molecule has 1 aliphatic rings. The largest absolute Gasteiger partial charge is 0.470 e. The molecule has 0 bridgehead atoms. The molecule has 1 rings (SSSR count). The fourth-order valence-corrected chi connectivity index (χ4v) is 8.00. The molecule has 8 atom stereocenters. The summed E-state index contributed by atoms with van der Waals surface area (Å²) in [4.78, 5) is 59.5. The van der Waals surface area contributed by atoms with E-state index in [2.05, 4.69) is 16.0 Å². The van der Waals surface area contributed by atoms with Gasteiger partial charge >= 0.3 is 29.2 Å². The number of hydrogen-bond acceptors (Lipinski definition) is 13. The Bertz CT molecular complexity index is 1040. The van der Waals surface area contributed by atoms with Gasteiger partial charge in [-0.1, -0.05) is 84.0 Å². The fourth-order valence-electron chi connectivity index (χ4n) is 5.41. The number of phosphoric acid groups is 2. The van der Waals surface area contributed by atoms with Crippen molar-refractivity contribution in [2.45, 2.75) is 133 Å². The maximum Gasteiger partial charge on any atom is 0.470 e. The van der Waals surface area contributed by atoms with Crippen LogP contribution in [0.1, 0.15) is 96.8 Å². The molecule has 4 unspecified atom stereocenters. The fraction of sp³-hybridized carbons (Fsp3) is 0.963. The van der Waals surface area contributed by atoms with Gasteiger partial charge in [0.2, 0.25) is 0 Å². The average Bonchev–Trinajstić information content (AvgIpc) is 2.98. The molecule has 0 aromatic carbocycles. The van der Waals surface area contributed by atoms with Crippen LogP contribution in [-0.4, -0.2) is 114 Å². The molecule has 18 nitrogen and oxygen atoms in total. The van der Waals surface area contributed by atoms with E-state index < -0.39 is 97.9 Å². The second-order valence-corrected chi connectivity index (χ2v) is 16.3. The van der Waals surface area contributed by atoms with Crippen LogP contribution in [0.5, 0.6) is 0 Å². The van der Waals surface area contributed by atoms with Crippen molar-refractivity contribution in [2.24, 2.45) is 5.92 Å². The lowest BCUT2D eigenvalue weighted by atomic mass is 9.79. The monoisotopic (exact) mass is 760 g/mol. The summed E-state index contributed by atoms with van der Waals surface area (Å²) in [6.45, 7) is 0.269. The number of phosphoric ester groups is 2. The van der Waals surface area contributed by atoms with E-state index in [-0.39, 0.29) is 6.42 Å². The minimum atomic E-state index is -5.50. The van der Waals surface area contributed by atoms with Gasteiger partial charge in [0.05, 0.1) is 31.6 Å². The SMILES string of the molecule is CCCCCCCCCCCCCCCC(=O)O[C@@H](COCO)COP(=O)(O)CC1C(O)[C@H](OP(=O)(O)O)[C@@H](OP(=O)(O)O)C(O)[C@@H]1O. The van der Waals surface area contributed by atoms with Crippen LogP contribution < -0.4 is 0 Å². The summed E-state index contributed by atoms with van der Waals surface area (Å²) < 4.78 is 59.4. The van der Waals surface area contributed by atoms with Crippen molar-refractivity contribution in [3.63, 3.8) is 0 Å². The molecule has 0 aliphatic heterocycles. The summed E-state index contributed by atoms with van der Waals surface area (Å²) in [5, 5.41) is 40.5. The third kappa shape index (κ3) is 19.9. The number of carbonyl (C=O) groups excluding carboxylic acids is 1. The number of ether oxygens (including phenoxy) is 2. The first-order valence-corrected chi connectivity index (χ1v) is 21.1. The van der Waals surface area contributed by atoms with Gasteiger partial charge in [-0.25, -0.2) is 9.13 Å². The molecule has 286 valence electrons. The smallest absolute Gasteiger partial charge is 0.457 e. The zero-order chi connectivity index (χ0) is 36.4. The van der Waals surface area contributed by atoms with Crippen molar-refractivity contribution >= 4 is 29.2 Å². The summed E-state index contributed by atoms with van der Waals surface area (Å²) in [5.41, 5.74) is 0. The van der Waals surface area contributed by atoms with E-state index in [1.54, 1.807) is 0 Å². The third-order valence-electron chi connectivity index (χ3n) is 7.82. The Kier molecular flexibility index (Phi) is 22.1. The van der Waals surface area contributed by atoms with E-state index in [1.807, 2.05) is 0 Å². The van der Waals surface area contributed by atoms with Crippen molar-refractivity contribution in [1.29, 1.82) is 0 Å². The zero-order valence-corrected chi connectivity index (χ0v) is 30.0. The molecule has 0 heterocycles. The third-order valence-corrected chi connectivity index (χ3v) is 10.3. The second kappa shape index (κ2) is 23.3. The summed E-state index contributed by atoms with van der Waals surface area (Å²) >= 11 is 0. The Hall–Kier alpha value is -0.360. The summed E-state index contributed by atoms with van der Waals surface area (Å²) in [6.07, 6.45) is 0.578. The molecule has 9 N–H and O–H groups in total. The molecule has 21 heteroatoms. The van der Waals surface area contributed by atoms with Gasteiger partial charge in [-0.05, 0) is 6.42 Å². The van der Waals surface area contributed by atoms with E-state index in [1.165, 1.54) is 51.4 Å². The highest BCUT2D eigenvalue weighted by atomic mass is 31.2. The van der Waals surface area contributed by atoms with Gasteiger partial charge in [0, 0.05) is 12.3 Å². The van der Waals surface area contributed by atoms with Crippen molar-refractivity contribution in [1.82, 2.24) is 0 Å². The lowest BCUT2D eigenvalue weighted by Gasteiger charge is -2.45. The first-order valence-electron chi connectivity index (χ1n) is 16.3.